The maximum Gasteiger partial charge on any atom is 0.330 e. The van der Waals surface area contributed by atoms with Crippen molar-refractivity contribution in [1.29, 1.82) is 0 Å². The highest BCUT2D eigenvalue weighted by molar-refractivity contribution is 5.87. The van der Waals surface area contributed by atoms with Crippen LogP contribution in [0.3, 0.4) is 0 Å². The van der Waals surface area contributed by atoms with Crippen molar-refractivity contribution < 1.29 is 19.0 Å². The molecule has 0 heterocycles. The number of hydrogen-bond donors (Lipinski definition) is 0. The molecule has 1 aromatic rings. The highest BCUT2D eigenvalue weighted by atomic mass is 16.5. The Bertz CT molecular complexity index is 424. The molecular formula is C14H18O4. The van der Waals surface area contributed by atoms with Gasteiger partial charge in [0.15, 0.2) is 0 Å². The largest absolute Gasteiger partial charge is 0.497 e. The third-order valence-corrected chi connectivity index (χ3v) is 2.21. The van der Waals surface area contributed by atoms with Crippen molar-refractivity contribution in [2.45, 2.75) is 13.8 Å². The van der Waals surface area contributed by atoms with Crippen LogP contribution in [0.25, 0.3) is 6.08 Å². The maximum absolute atomic E-state index is 11.2. The fourth-order valence-corrected chi connectivity index (χ4v) is 1.41. The number of rotatable bonds is 6. The first-order valence-electron chi connectivity index (χ1n) is 5.87. The van der Waals surface area contributed by atoms with Gasteiger partial charge in [0.2, 0.25) is 0 Å². The summed E-state index contributed by atoms with van der Waals surface area (Å²) in [6.07, 6.45) is 3.05. The number of ether oxygens (including phenoxy) is 3. The molecule has 1 aromatic carbocycles. The second-order valence-electron chi connectivity index (χ2n) is 3.42. The predicted molar refractivity (Wildman–Crippen MR) is 69.8 cm³/mol. The molecule has 0 fully saturated rings. The van der Waals surface area contributed by atoms with E-state index in [-0.39, 0.29) is 5.97 Å². The molecule has 0 N–H and O–H groups in total. The van der Waals surface area contributed by atoms with Crippen LogP contribution in [0.1, 0.15) is 19.4 Å². The van der Waals surface area contributed by atoms with E-state index in [0.717, 1.165) is 5.56 Å². The first kappa shape index (κ1) is 14.1. The molecule has 0 bridgehead atoms. The normalized spacial score (nSPS) is 10.4. The van der Waals surface area contributed by atoms with Crippen LogP contribution in [0.4, 0.5) is 0 Å². The SMILES string of the molecule is CCOC(=O)/C=C/c1ccc(OC)cc1OCC. The van der Waals surface area contributed by atoms with E-state index in [1.54, 1.807) is 26.2 Å². The van der Waals surface area contributed by atoms with Gasteiger partial charge in [0.05, 0.1) is 20.3 Å². The molecule has 18 heavy (non-hydrogen) atoms. The zero-order valence-electron chi connectivity index (χ0n) is 10.9. The molecule has 0 aliphatic carbocycles. The van der Waals surface area contributed by atoms with Crippen molar-refractivity contribution in [2.24, 2.45) is 0 Å². The van der Waals surface area contributed by atoms with E-state index in [1.165, 1.54) is 6.08 Å². The molecule has 98 valence electrons. The lowest BCUT2D eigenvalue weighted by Crippen LogP contribution is -1.99. The quantitative estimate of drug-likeness (QED) is 0.575. The summed E-state index contributed by atoms with van der Waals surface area (Å²) in [5.41, 5.74) is 0.811. The lowest BCUT2D eigenvalue weighted by atomic mass is 10.1. The minimum atomic E-state index is -0.365. The standard InChI is InChI=1S/C14H18O4/c1-4-17-13-10-12(16-3)8-6-11(13)7-9-14(15)18-5-2/h6-10H,4-5H2,1-3H3/b9-7+. The Kier molecular flexibility index (Phi) is 5.77. The van der Waals surface area contributed by atoms with Crippen LogP contribution < -0.4 is 9.47 Å². The molecular weight excluding hydrogens is 232 g/mol. The third kappa shape index (κ3) is 4.13. The van der Waals surface area contributed by atoms with Gasteiger partial charge in [0.1, 0.15) is 11.5 Å². The van der Waals surface area contributed by atoms with Gasteiger partial charge in [-0.1, -0.05) is 0 Å². The molecule has 0 aromatic heterocycles. The Morgan fingerprint density at radius 1 is 1.28 bits per heavy atom. The molecule has 0 unspecified atom stereocenters. The van der Waals surface area contributed by atoms with Crippen molar-refractivity contribution >= 4 is 12.0 Å². The van der Waals surface area contributed by atoms with E-state index in [0.29, 0.717) is 24.7 Å². The van der Waals surface area contributed by atoms with Crippen molar-refractivity contribution in [3.63, 3.8) is 0 Å². The fraction of sp³-hybridized carbons (Fsp3) is 0.357. The summed E-state index contributed by atoms with van der Waals surface area (Å²) in [5.74, 6) is 1.03. The van der Waals surface area contributed by atoms with Gasteiger partial charge in [-0.15, -0.1) is 0 Å². The van der Waals surface area contributed by atoms with E-state index in [4.69, 9.17) is 14.2 Å². The summed E-state index contributed by atoms with van der Waals surface area (Å²) in [7, 11) is 1.60. The summed E-state index contributed by atoms with van der Waals surface area (Å²) < 4.78 is 15.4. The minimum absolute atomic E-state index is 0.365. The Labute approximate surface area is 107 Å². The first-order chi connectivity index (χ1) is 8.71. The van der Waals surface area contributed by atoms with Gasteiger partial charge in [-0.2, -0.15) is 0 Å². The molecule has 4 nitrogen and oxygen atoms in total. The second-order valence-corrected chi connectivity index (χ2v) is 3.42. The van der Waals surface area contributed by atoms with Crippen molar-refractivity contribution in [3.8, 4) is 11.5 Å². The molecule has 1 rings (SSSR count). The summed E-state index contributed by atoms with van der Waals surface area (Å²) in [6.45, 7) is 4.58. The summed E-state index contributed by atoms with van der Waals surface area (Å²) in [4.78, 5) is 11.2. The number of esters is 1. The zero-order chi connectivity index (χ0) is 13.4. The first-order valence-corrected chi connectivity index (χ1v) is 5.87. The van der Waals surface area contributed by atoms with Crippen LogP contribution in [-0.4, -0.2) is 26.3 Å². The van der Waals surface area contributed by atoms with Crippen LogP contribution in [0.15, 0.2) is 24.3 Å². The summed E-state index contributed by atoms with van der Waals surface area (Å²) in [6, 6.07) is 5.43. The van der Waals surface area contributed by atoms with Gasteiger partial charge in [-0.05, 0) is 32.1 Å². The fourth-order valence-electron chi connectivity index (χ4n) is 1.41. The number of carbonyl (C=O) groups excluding carboxylic acids is 1. The molecule has 0 aliphatic heterocycles. The molecule has 0 saturated heterocycles. The van der Waals surface area contributed by atoms with Crippen molar-refractivity contribution in [2.75, 3.05) is 20.3 Å². The Morgan fingerprint density at radius 3 is 2.67 bits per heavy atom. The van der Waals surface area contributed by atoms with E-state index >= 15 is 0 Å². The average Bonchev–Trinajstić information content (AvgIpc) is 2.38. The predicted octanol–water partition coefficient (Wildman–Crippen LogP) is 2.67. The van der Waals surface area contributed by atoms with Crippen LogP contribution in [0.2, 0.25) is 0 Å². The van der Waals surface area contributed by atoms with E-state index in [1.807, 2.05) is 19.1 Å². The molecule has 0 atom stereocenters. The van der Waals surface area contributed by atoms with Crippen LogP contribution in [0.5, 0.6) is 11.5 Å². The molecule has 0 radical (unpaired) electrons. The van der Waals surface area contributed by atoms with Gasteiger partial charge in [-0.3, -0.25) is 0 Å². The Hall–Kier alpha value is -1.97. The topological polar surface area (TPSA) is 44.8 Å². The highest BCUT2D eigenvalue weighted by Gasteiger charge is 2.03. The van der Waals surface area contributed by atoms with Crippen LogP contribution >= 0.6 is 0 Å². The van der Waals surface area contributed by atoms with Gasteiger partial charge < -0.3 is 14.2 Å². The average molecular weight is 250 g/mol. The summed E-state index contributed by atoms with van der Waals surface area (Å²) in [5, 5.41) is 0. The molecule has 0 spiro atoms. The maximum atomic E-state index is 11.2. The van der Waals surface area contributed by atoms with E-state index in [2.05, 4.69) is 0 Å². The molecule has 0 saturated carbocycles. The highest BCUT2D eigenvalue weighted by Crippen LogP contribution is 2.25. The van der Waals surface area contributed by atoms with E-state index in [9.17, 15) is 4.79 Å². The Balaban J connectivity index is 2.89. The molecule has 4 heteroatoms. The molecule has 0 aliphatic rings. The van der Waals surface area contributed by atoms with Gasteiger partial charge >= 0.3 is 5.97 Å². The minimum Gasteiger partial charge on any atom is -0.497 e. The van der Waals surface area contributed by atoms with Crippen LogP contribution in [-0.2, 0) is 9.53 Å². The van der Waals surface area contributed by atoms with Crippen LogP contribution in [0, 0.1) is 0 Å². The molecule has 0 amide bonds. The number of carbonyl (C=O) groups is 1. The van der Waals surface area contributed by atoms with Gasteiger partial charge in [0, 0.05) is 17.7 Å². The monoisotopic (exact) mass is 250 g/mol. The third-order valence-electron chi connectivity index (χ3n) is 2.21. The van der Waals surface area contributed by atoms with Gasteiger partial charge in [-0.25, -0.2) is 4.79 Å². The lowest BCUT2D eigenvalue weighted by Gasteiger charge is -2.09. The lowest BCUT2D eigenvalue weighted by molar-refractivity contribution is -0.137. The van der Waals surface area contributed by atoms with Crippen molar-refractivity contribution in [3.05, 3.63) is 29.8 Å². The number of hydrogen-bond acceptors (Lipinski definition) is 4. The smallest absolute Gasteiger partial charge is 0.330 e. The number of methoxy groups -OCH3 is 1. The zero-order valence-corrected chi connectivity index (χ0v) is 10.9. The second kappa shape index (κ2) is 7.37. The van der Waals surface area contributed by atoms with Gasteiger partial charge in [0.25, 0.3) is 0 Å². The summed E-state index contributed by atoms with van der Waals surface area (Å²) >= 11 is 0. The van der Waals surface area contributed by atoms with E-state index < -0.39 is 0 Å². The Morgan fingerprint density at radius 2 is 2.06 bits per heavy atom. The van der Waals surface area contributed by atoms with Crippen molar-refractivity contribution in [1.82, 2.24) is 0 Å². The number of benzene rings is 1.